The quantitative estimate of drug-likeness (QED) is 0.864. The Kier molecular flexibility index (Phi) is 4.02. The van der Waals surface area contributed by atoms with E-state index < -0.39 is 0 Å². The number of hydrogen-bond acceptors (Lipinski definition) is 2. The molecule has 0 fully saturated rings. The summed E-state index contributed by atoms with van der Waals surface area (Å²) in [4.78, 5) is 11.1. The summed E-state index contributed by atoms with van der Waals surface area (Å²) in [6.45, 7) is 3.41. The highest BCUT2D eigenvalue weighted by atomic mass is 16.5. The van der Waals surface area contributed by atoms with E-state index in [0.717, 1.165) is 31.6 Å². The van der Waals surface area contributed by atoms with Crippen LogP contribution in [-0.2, 0) is 17.6 Å². The van der Waals surface area contributed by atoms with Crippen LogP contribution in [0.5, 0.6) is 5.75 Å². The molecule has 3 heteroatoms. The van der Waals surface area contributed by atoms with Crippen molar-refractivity contribution in [1.29, 1.82) is 0 Å². The highest BCUT2D eigenvalue weighted by Crippen LogP contribution is 2.25. The average Bonchev–Trinajstić information content (AvgIpc) is 2.38. The predicted molar refractivity (Wildman–Crippen MR) is 67.3 cm³/mol. The van der Waals surface area contributed by atoms with Crippen molar-refractivity contribution < 1.29 is 9.53 Å². The molecule has 1 aliphatic heterocycles. The topological polar surface area (TPSA) is 38.3 Å². The fraction of sp³-hybridized carbons (Fsp3) is 0.500. The molecule has 1 aromatic carbocycles. The second kappa shape index (κ2) is 5.71. The highest BCUT2D eigenvalue weighted by Gasteiger charge is 2.10. The van der Waals surface area contributed by atoms with Crippen molar-refractivity contribution in [1.82, 2.24) is 5.32 Å². The number of fused-ring (bicyclic) bond motifs is 1. The molecule has 0 unspecified atom stereocenters. The van der Waals surface area contributed by atoms with E-state index >= 15 is 0 Å². The second-order valence-electron chi connectivity index (χ2n) is 4.35. The molecule has 1 aliphatic rings. The van der Waals surface area contributed by atoms with Gasteiger partial charge in [-0.1, -0.05) is 19.1 Å². The Bertz CT molecular complexity index is 401. The van der Waals surface area contributed by atoms with Gasteiger partial charge in [-0.25, -0.2) is 0 Å². The molecule has 3 nitrogen and oxygen atoms in total. The average molecular weight is 233 g/mol. The number of nitrogens with one attached hydrogen (secondary N) is 1. The molecule has 0 radical (unpaired) electrons. The van der Waals surface area contributed by atoms with E-state index in [1.54, 1.807) is 0 Å². The summed E-state index contributed by atoms with van der Waals surface area (Å²) >= 11 is 0. The summed E-state index contributed by atoms with van der Waals surface area (Å²) in [6, 6.07) is 6.33. The van der Waals surface area contributed by atoms with E-state index in [0.29, 0.717) is 13.0 Å². The van der Waals surface area contributed by atoms with E-state index in [1.807, 2.05) is 13.0 Å². The molecular formula is C14H19NO2. The van der Waals surface area contributed by atoms with Crippen LogP contribution in [0.2, 0.25) is 0 Å². The van der Waals surface area contributed by atoms with Gasteiger partial charge in [-0.3, -0.25) is 4.79 Å². The minimum absolute atomic E-state index is 0.117. The fourth-order valence-electron chi connectivity index (χ4n) is 2.04. The van der Waals surface area contributed by atoms with E-state index in [9.17, 15) is 4.79 Å². The van der Waals surface area contributed by atoms with Gasteiger partial charge in [0.15, 0.2) is 0 Å². The van der Waals surface area contributed by atoms with Crippen LogP contribution >= 0.6 is 0 Å². The van der Waals surface area contributed by atoms with Crippen LogP contribution in [0.4, 0.5) is 0 Å². The van der Waals surface area contributed by atoms with Crippen molar-refractivity contribution in [3.05, 3.63) is 29.3 Å². The highest BCUT2D eigenvalue weighted by molar-refractivity contribution is 5.75. The Morgan fingerprint density at radius 3 is 3.18 bits per heavy atom. The normalized spacial score (nSPS) is 13.7. The fourth-order valence-corrected chi connectivity index (χ4v) is 2.04. The van der Waals surface area contributed by atoms with E-state index in [4.69, 9.17) is 4.74 Å². The van der Waals surface area contributed by atoms with Gasteiger partial charge >= 0.3 is 0 Å². The first kappa shape index (κ1) is 12.0. The van der Waals surface area contributed by atoms with Crippen LogP contribution in [0.1, 0.15) is 30.9 Å². The summed E-state index contributed by atoms with van der Waals surface area (Å²) in [6.07, 6.45) is 3.64. The van der Waals surface area contributed by atoms with Gasteiger partial charge in [-0.2, -0.15) is 0 Å². The molecule has 0 aromatic heterocycles. The lowest BCUT2D eigenvalue weighted by Crippen LogP contribution is -2.24. The van der Waals surface area contributed by atoms with Crippen molar-refractivity contribution in [2.45, 2.75) is 32.6 Å². The van der Waals surface area contributed by atoms with Crippen molar-refractivity contribution >= 4 is 5.91 Å². The van der Waals surface area contributed by atoms with Gasteiger partial charge in [0, 0.05) is 13.0 Å². The molecule has 1 amide bonds. The molecule has 92 valence electrons. The van der Waals surface area contributed by atoms with E-state index in [-0.39, 0.29) is 5.91 Å². The van der Waals surface area contributed by atoms with Gasteiger partial charge < -0.3 is 10.1 Å². The van der Waals surface area contributed by atoms with Crippen LogP contribution < -0.4 is 10.1 Å². The molecule has 0 atom stereocenters. The number of carbonyl (C=O) groups is 1. The predicted octanol–water partition coefficient (Wildman–Crippen LogP) is 2.08. The maximum atomic E-state index is 11.1. The van der Waals surface area contributed by atoms with E-state index in [2.05, 4.69) is 17.4 Å². The molecule has 0 spiro atoms. The molecule has 1 heterocycles. The van der Waals surface area contributed by atoms with Crippen molar-refractivity contribution in [2.24, 2.45) is 0 Å². The number of ether oxygens (including phenoxy) is 1. The zero-order chi connectivity index (χ0) is 12.1. The van der Waals surface area contributed by atoms with Crippen molar-refractivity contribution in [3.8, 4) is 5.75 Å². The van der Waals surface area contributed by atoms with Crippen LogP contribution in [0.15, 0.2) is 18.2 Å². The minimum atomic E-state index is 0.117. The smallest absolute Gasteiger partial charge is 0.219 e. The van der Waals surface area contributed by atoms with Gasteiger partial charge in [0.05, 0.1) is 6.61 Å². The van der Waals surface area contributed by atoms with Crippen LogP contribution in [0, 0.1) is 0 Å². The van der Waals surface area contributed by atoms with Gasteiger partial charge in [0.25, 0.3) is 0 Å². The van der Waals surface area contributed by atoms with Crippen LogP contribution in [-0.4, -0.2) is 19.1 Å². The standard InChI is InChI=1S/C14H19NO2/c1-2-14(16)15-8-7-11-5-6-13-12(10-11)4-3-9-17-13/h5-6,10H,2-4,7-9H2,1H3,(H,15,16). The minimum Gasteiger partial charge on any atom is -0.493 e. The number of aryl methyl sites for hydroxylation is 1. The first-order valence-corrected chi connectivity index (χ1v) is 6.31. The Hall–Kier alpha value is -1.51. The van der Waals surface area contributed by atoms with Crippen LogP contribution in [0.25, 0.3) is 0 Å². The number of hydrogen-bond donors (Lipinski definition) is 1. The molecule has 0 saturated heterocycles. The Morgan fingerprint density at radius 2 is 2.35 bits per heavy atom. The Labute approximate surface area is 102 Å². The SMILES string of the molecule is CCC(=O)NCCc1ccc2c(c1)CCCO2. The lowest BCUT2D eigenvalue weighted by Gasteiger charge is -2.17. The third-order valence-corrected chi connectivity index (χ3v) is 3.03. The van der Waals surface area contributed by atoms with Gasteiger partial charge in [0.1, 0.15) is 5.75 Å². The van der Waals surface area contributed by atoms with Crippen LogP contribution in [0.3, 0.4) is 0 Å². The molecular weight excluding hydrogens is 214 g/mol. The Morgan fingerprint density at radius 1 is 1.47 bits per heavy atom. The van der Waals surface area contributed by atoms with Gasteiger partial charge in [-0.05, 0) is 36.5 Å². The third kappa shape index (κ3) is 3.22. The molecule has 1 N–H and O–H groups in total. The summed E-state index contributed by atoms with van der Waals surface area (Å²) in [5.74, 6) is 1.14. The van der Waals surface area contributed by atoms with Gasteiger partial charge in [-0.15, -0.1) is 0 Å². The third-order valence-electron chi connectivity index (χ3n) is 3.03. The Balaban J connectivity index is 1.91. The molecule has 2 rings (SSSR count). The first-order chi connectivity index (χ1) is 8.29. The maximum absolute atomic E-state index is 11.1. The van der Waals surface area contributed by atoms with Crippen molar-refractivity contribution in [3.63, 3.8) is 0 Å². The van der Waals surface area contributed by atoms with Crippen molar-refractivity contribution in [2.75, 3.05) is 13.2 Å². The zero-order valence-corrected chi connectivity index (χ0v) is 10.3. The number of carbonyl (C=O) groups excluding carboxylic acids is 1. The summed E-state index contributed by atoms with van der Waals surface area (Å²) in [7, 11) is 0. The number of benzene rings is 1. The summed E-state index contributed by atoms with van der Waals surface area (Å²) in [5.41, 5.74) is 2.57. The zero-order valence-electron chi connectivity index (χ0n) is 10.3. The molecule has 0 bridgehead atoms. The molecule has 17 heavy (non-hydrogen) atoms. The summed E-state index contributed by atoms with van der Waals surface area (Å²) in [5, 5.41) is 2.89. The number of amides is 1. The van der Waals surface area contributed by atoms with Gasteiger partial charge in [0.2, 0.25) is 5.91 Å². The van der Waals surface area contributed by atoms with E-state index in [1.165, 1.54) is 11.1 Å². The largest absolute Gasteiger partial charge is 0.493 e. The first-order valence-electron chi connectivity index (χ1n) is 6.31. The lowest BCUT2D eigenvalue weighted by atomic mass is 10.0. The summed E-state index contributed by atoms with van der Waals surface area (Å²) < 4.78 is 5.57. The second-order valence-corrected chi connectivity index (χ2v) is 4.35. The molecule has 1 aromatic rings. The maximum Gasteiger partial charge on any atom is 0.219 e. The monoisotopic (exact) mass is 233 g/mol. The number of rotatable bonds is 4. The lowest BCUT2D eigenvalue weighted by molar-refractivity contribution is -0.120. The molecule has 0 aliphatic carbocycles. The molecule has 0 saturated carbocycles.